The van der Waals surface area contributed by atoms with Crippen LogP contribution < -0.4 is 5.73 Å². The van der Waals surface area contributed by atoms with Crippen molar-refractivity contribution in [2.45, 2.75) is 77.7 Å². The molecule has 8 atom stereocenters. The van der Waals surface area contributed by atoms with Crippen molar-refractivity contribution in [1.82, 2.24) is 5.06 Å². The minimum Gasteiger partial charge on any atom is -0.330 e. The summed E-state index contributed by atoms with van der Waals surface area (Å²) in [6.07, 6.45) is 3.96. The highest BCUT2D eigenvalue weighted by Gasteiger charge is 2.66. The van der Waals surface area contributed by atoms with Gasteiger partial charge in [-0.2, -0.15) is 0 Å². The lowest BCUT2D eigenvalue weighted by atomic mass is 9.44. The number of carbonyl (C=O) groups is 6. The van der Waals surface area contributed by atoms with E-state index in [2.05, 4.69) is 6.92 Å². The average Bonchev–Trinajstić information content (AvgIpc) is 3.40. The molecule has 9 nitrogen and oxygen atoms in total. The molecule has 1 aliphatic heterocycles. The molecule has 212 valence electrons. The molecule has 0 aromatic heterocycles. The number of hydroxylamine groups is 2. The van der Waals surface area contributed by atoms with Crippen LogP contribution in [-0.2, 0) is 24.0 Å². The van der Waals surface area contributed by atoms with Gasteiger partial charge < -0.3 is 10.6 Å². The summed E-state index contributed by atoms with van der Waals surface area (Å²) < 4.78 is 0. The fraction of sp³-hybridized carbons (Fsp3) is 0.613. The Labute approximate surface area is 233 Å². The summed E-state index contributed by atoms with van der Waals surface area (Å²) in [6.45, 7) is 4.14. The minimum atomic E-state index is -0.754. The molecule has 4 fully saturated rings. The van der Waals surface area contributed by atoms with E-state index in [1.165, 1.54) is 12.1 Å². The van der Waals surface area contributed by atoms with Gasteiger partial charge in [0.05, 0.1) is 11.1 Å². The molecule has 0 spiro atoms. The van der Waals surface area contributed by atoms with Crippen molar-refractivity contribution in [2.24, 2.45) is 46.2 Å². The van der Waals surface area contributed by atoms with Crippen LogP contribution in [0.5, 0.6) is 0 Å². The van der Waals surface area contributed by atoms with E-state index in [0.717, 1.165) is 12.8 Å². The molecule has 4 aliphatic carbocycles. The van der Waals surface area contributed by atoms with E-state index in [-0.39, 0.29) is 76.3 Å². The van der Waals surface area contributed by atoms with E-state index in [1.54, 1.807) is 12.1 Å². The van der Waals surface area contributed by atoms with Gasteiger partial charge in [-0.25, -0.2) is 4.79 Å². The number of nitrogens with two attached hydrogens (primary N) is 1. The first kappa shape index (κ1) is 27.0. The van der Waals surface area contributed by atoms with Gasteiger partial charge in [-0.1, -0.05) is 31.0 Å². The van der Waals surface area contributed by atoms with E-state index in [9.17, 15) is 28.8 Å². The van der Waals surface area contributed by atoms with Crippen molar-refractivity contribution in [3.8, 4) is 0 Å². The second-order valence-corrected chi connectivity index (χ2v) is 13.1. The quantitative estimate of drug-likeness (QED) is 0.552. The van der Waals surface area contributed by atoms with Crippen molar-refractivity contribution in [3.63, 3.8) is 0 Å². The van der Waals surface area contributed by atoms with Gasteiger partial charge in [-0.05, 0) is 66.9 Å². The summed E-state index contributed by atoms with van der Waals surface area (Å²) in [4.78, 5) is 82.4. The standard InChI is InChI=1S/C31H36N2O7/c1-30-12-11-17(34)13-16(30)14-24(35)27-21-8-7-20(31(21,2)25(36)15-22(27)30)23(32)9-10-26(37)40-33-28(38)18-5-3-4-6-19(18)29(33)39/h3-6,16,20-23,27H,7-15,32H2,1-2H3/t16-,20+,21-,22-,23+,27-,30-,31+/m0/s1. The normalized spacial score (nSPS) is 37.5. The average molecular weight is 549 g/mol. The molecule has 4 saturated carbocycles. The Morgan fingerprint density at radius 1 is 1.00 bits per heavy atom. The molecule has 0 bridgehead atoms. The zero-order chi connectivity index (χ0) is 28.6. The maximum Gasteiger partial charge on any atom is 0.333 e. The maximum atomic E-state index is 13.9. The summed E-state index contributed by atoms with van der Waals surface area (Å²) in [7, 11) is 0. The van der Waals surface area contributed by atoms with Crippen molar-refractivity contribution >= 4 is 35.1 Å². The number of fused-ring (bicyclic) bond motifs is 6. The lowest BCUT2D eigenvalue weighted by Gasteiger charge is -2.58. The van der Waals surface area contributed by atoms with Gasteiger partial charge in [0.25, 0.3) is 11.8 Å². The van der Waals surface area contributed by atoms with E-state index in [0.29, 0.717) is 37.2 Å². The van der Waals surface area contributed by atoms with Crippen molar-refractivity contribution in [3.05, 3.63) is 35.4 Å². The first-order valence-electron chi connectivity index (χ1n) is 14.5. The second-order valence-electron chi connectivity index (χ2n) is 13.1. The third-order valence-corrected chi connectivity index (χ3v) is 11.4. The van der Waals surface area contributed by atoms with Crippen molar-refractivity contribution < 1.29 is 33.6 Å². The predicted octanol–water partition coefficient (Wildman–Crippen LogP) is 3.43. The Morgan fingerprint density at radius 2 is 1.68 bits per heavy atom. The van der Waals surface area contributed by atoms with Gasteiger partial charge in [0.2, 0.25) is 0 Å². The van der Waals surface area contributed by atoms with Crippen LogP contribution in [0.1, 0.15) is 92.4 Å². The number of ketones is 3. The van der Waals surface area contributed by atoms with E-state index < -0.39 is 29.2 Å². The third kappa shape index (κ3) is 3.84. The molecule has 1 aromatic rings. The Bertz CT molecular complexity index is 1300. The van der Waals surface area contributed by atoms with Crippen LogP contribution in [0, 0.1) is 40.4 Å². The molecular weight excluding hydrogens is 512 g/mol. The molecule has 6 rings (SSSR count). The minimum absolute atomic E-state index is 0.0206. The Morgan fingerprint density at radius 3 is 2.35 bits per heavy atom. The number of imide groups is 1. The number of carbonyl (C=O) groups excluding carboxylic acids is 6. The molecule has 2 N–H and O–H groups in total. The molecule has 0 radical (unpaired) electrons. The molecule has 9 heteroatoms. The lowest BCUT2D eigenvalue weighted by Crippen LogP contribution is -2.60. The topological polar surface area (TPSA) is 141 Å². The number of rotatable bonds is 5. The molecule has 0 unspecified atom stereocenters. The van der Waals surface area contributed by atoms with Gasteiger partial charge >= 0.3 is 5.97 Å². The van der Waals surface area contributed by atoms with Gasteiger partial charge in [0.15, 0.2) is 0 Å². The molecule has 40 heavy (non-hydrogen) atoms. The molecule has 2 amide bonds. The van der Waals surface area contributed by atoms with Gasteiger partial charge in [-0.3, -0.25) is 24.0 Å². The number of nitrogens with zero attached hydrogens (tertiary/aromatic N) is 1. The van der Waals surface area contributed by atoms with E-state index >= 15 is 0 Å². The summed E-state index contributed by atoms with van der Waals surface area (Å²) in [5.41, 5.74) is 6.07. The second kappa shape index (κ2) is 9.43. The highest BCUT2D eigenvalue weighted by molar-refractivity contribution is 6.20. The Balaban J connectivity index is 1.13. The van der Waals surface area contributed by atoms with Crippen LogP contribution >= 0.6 is 0 Å². The first-order chi connectivity index (χ1) is 19.0. The zero-order valence-corrected chi connectivity index (χ0v) is 23.0. The van der Waals surface area contributed by atoms with Crippen LogP contribution in [0.2, 0.25) is 0 Å². The van der Waals surface area contributed by atoms with Crippen LogP contribution in [0.15, 0.2) is 24.3 Å². The Kier molecular flexibility index (Phi) is 6.36. The summed E-state index contributed by atoms with van der Waals surface area (Å²) in [6, 6.07) is 5.79. The van der Waals surface area contributed by atoms with Gasteiger partial charge in [-0.15, -0.1) is 0 Å². The predicted molar refractivity (Wildman–Crippen MR) is 141 cm³/mol. The van der Waals surface area contributed by atoms with Crippen molar-refractivity contribution in [2.75, 3.05) is 0 Å². The van der Waals surface area contributed by atoms with Crippen molar-refractivity contribution in [1.29, 1.82) is 0 Å². The van der Waals surface area contributed by atoms with Crippen LogP contribution in [0.3, 0.4) is 0 Å². The summed E-state index contributed by atoms with van der Waals surface area (Å²) in [5.74, 6) is -2.07. The number of hydrogen-bond acceptors (Lipinski definition) is 8. The van der Waals surface area contributed by atoms with Crippen LogP contribution in [0.25, 0.3) is 0 Å². The molecule has 0 saturated heterocycles. The fourth-order valence-electron chi connectivity index (χ4n) is 9.06. The first-order valence-corrected chi connectivity index (χ1v) is 14.5. The summed E-state index contributed by atoms with van der Waals surface area (Å²) >= 11 is 0. The molecule has 5 aliphatic rings. The van der Waals surface area contributed by atoms with Crippen LogP contribution in [0.4, 0.5) is 0 Å². The SMILES string of the molecule is C[C@]12CCC(=O)C[C@H]1CC(=O)[C@@H]1[C@@H]2CC(=O)[C@]2(C)[C@@H]([C@H](N)CCC(=O)ON3C(=O)c4ccccc4C3=O)CC[C@@H]12. The van der Waals surface area contributed by atoms with Gasteiger partial charge in [0.1, 0.15) is 17.3 Å². The fourth-order valence-corrected chi connectivity index (χ4v) is 9.06. The Hall–Kier alpha value is -3.20. The van der Waals surface area contributed by atoms with Gasteiger partial charge in [0, 0.05) is 49.5 Å². The monoisotopic (exact) mass is 548 g/mol. The maximum absolute atomic E-state index is 13.9. The number of hydrogen-bond donors (Lipinski definition) is 1. The third-order valence-electron chi connectivity index (χ3n) is 11.4. The summed E-state index contributed by atoms with van der Waals surface area (Å²) in [5, 5.41) is 0.498. The number of amides is 2. The van der Waals surface area contributed by atoms with E-state index in [1.807, 2.05) is 6.92 Å². The largest absolute Gasteiger partial charge is 0.333 e. The lowest BCUT2D eigenvalue weighted by molar-refractivity contribution is -0.168. The molecule has 1 heterocycles. The highest BCUT2D eigenvalue weighted by atomic mass is 16.7. The zero-order valence-electron chi connectivity index (χ0n) is 23.0. The molecular formula is C31H36N2O7. The number of Topliss-reactive ketones (excluding diaryl/α,β-unsaturated/α-hetero) is 3. The van der Waals surface area contributed by atoms with E-state index in [4.69, 9.17) is 10.6 Å². The highest BCUT2D eigenvalue weighted by Crippen LogP contribution is 2.65. The molecule has 1 aromatic carbocycles. The number of benzene rings is 1. The smallest absolute Gasteiger partial charge is 0.330 e. The van der Waals surface area contributed by atoms with Crippen LogP contribution in [-0.4, -0.2) is 46.2 Å².